The fourth-order valence-corrected chi connectivity index (χ4v) is 2.84. The molecule has 0 atom stereocenters. The van der Waals surface area contributed by atoms with Gasteiger partial charge in [-0.3, -0.25) is 0 Å². The highest BCUT2D eigenvalue weighted by molar-refractivity contribution is 5.61. The van der Waals surface area contributed by atoms with E-state index in [0.29, 0.717) is 12.5 Å². The zero-order valence-corrected chi connectivity index (χ0v) is 15.0. The van der Waals surface area contributed by atoms with E-state index in [4.69, 9.17) is 0 Å². The average molecular weight is 338 g/mol. The molecule has 0 radical (unpaired) electrons. The molecule has 0 bridgehead atoms. The summed E-state index contributed by atoms with van der Waals surface area (Å²) in [6.07, 6.45) is 1.79. The van der Waals surface area contributed by atoms with Crippen molar-refractivity contribution in [3.05, 3.63) is 48.7 Å². The number of aromatic nitrogens is 2. The molecule has 6 nitrogen and oxygen atoms in total. The number of hydrogen-bond donors (Lipinski definition) is 2. The standard InChI is InChI=1S/C19H26N6/c1-4-9-20-19-21-15(2)14-18(23-19)22-16-5-7-17(8-6-16)25-12-10-24(3)11-13-25/h4-8,14H,1,9-13H2,2-3H3,(H2,20,21,22,23). The van der Waals surface area contributed by atoms with Crippen LogP contribution in [0.4, 0.5) is 23.1 Å². The smallest absolute Gasteiger partial charge is 0.225 e. The maximum Gasteiger partial charge on any atom is 0.225 e. The van der Waals surface area contributed by atoms with Gasteiger partial charge in [0.25, 0.3) is 0 Å². The molecule has 0 saturated carbocycles. The molecule has 0 unspecified atom stereocenters. The van der Waals surface area contributed by atoms with Crippen LogP contribution in [0.5, 0.6) is 0 Å². The molecule has 6 heteroatoms. The number of nitrogens with zero attached hydrogens (tertiary/aromatic N) is 4. The van der Waals surface area contributed by atoms with Crippen molar-refractivity contribution in [2.75, 3.05) is 55.3 Å². The molecule has 132 valence electrons. The van der Waals surface area contributed by atoms with Crippen LogP contribution >= 0.6 is 0 Å². The van der Waals surface area contributed by atoms with Crippen molar-refractivity contribution in [1.29, 1.82) is 0 Å². The van der Waals surface area contributed by atoms with Gasteiger partial charge in [-0.1, -0.05) is 6.08 Å². The Bertz CT molecular complexity index is 704. The first-order valence-electron chi connectivity index (χ1n) is 8.65. The molecule has 1 aliphatic heterocycles. The van der Waals surface area contributed by atoms with Crippen LogP contribution < -0.4 is 15.5 Å². The molecule has 1 aromatic heterocycles. The van der Waals surface area contributed by atoms with Gasteiger partial charge in [0.2, 0.25) is 5.95 Å². The average Bonchev–Trinajstić information content (AvgIpc) is 2.61. The number of hydrogen-bond acceptors (Lipinski definition) is 6. The molecule has 2 heterocycles. The predicted octanol–water partition coefficient (Wildman–Crippen LogP) is 2.88. The minimum atomic E-state index is 0.608. The third kappa shape index (κ3) is 4.70. The van der Waals surface area contributed by atoms with E-state index in [1.165, 1.54) is 5.69 Å². The van der Waals surface area contributed by atoms with Crippen molar-refractivity contribution in [3.8, 4) is 0 Å². The summed E-state index contributed by atoms with van der Waals surface area (Å²) < 4.78 is 0. The Labute approximate surface area is 149 Å². The van der Waals surface area contributed by atoms with Crippen LogP contribution in [0.2, 0.25) is 0 Å². The Morgan fingerprint density at radius 3 is 2.52 bits per heavy atom. The van der Waals surface area contributed by atoms with Gasteiger partial charge in [-0.2, -0.15) is 4.98 Å². The van der Waals surface area contributed by atoms with Gasteiger partial charge in [0.15, 0.2) is 0 Å². The van der Waals surface area contributed by atoms with Gasteiger partial charge >= 0.3 is 0 Å². The van der Waals surface area contributed by atoms with Crippen molar-refractivity contribution in [2.24, 2.45) is 0 Å². The number of rotatable bonds is 6. The summed E-state index contributed by atoms with van der Waals surface area (Å²) in [6, 6.07) is 10.5. The van der Waals surface area contributed by atoms with Gasteiger partial charge in [0.05, 0.1) is 0 Å². The van der Waals surface area contributed by atoms with Crippen molar-refractivity contribution in [3.63, 3.8) is 0 Å². The molecule has 25 heavy (non-hydrogen) atoms. The number of piperazine rings is 1. The Kier molecular flexibility index (Phi) is 5.50. The minimum Gasteiger partial charge on any atom is -0.369 e. The molecule has 3 rings (SSSR count). The third-order valence-corrected chi connectivity index (χ3v) is 4.27. The molecule has 1 fully saturated rings. The quantitative estimate of drug-likeness (QED) is 0.790. The molecule has 2 aromatic rings. The topological polar surface area (TPSA) is 56.3 Å². The second-order valence-electron chi connectivity index (χ2n) is 6.35. The summed E-state index contributed by atoms with van der Waals surface area (Å²) in [5, 5.41) is 6.48. The number of aryl methyl sites for hydroxylation is 1. The van der Waals surface area contributed by atoms with Crippen LogP contribution in [0.1, 0.15) is 5.69 Å². The van der Waals surface area contributed by atoms with E-state index in [1.54, 1.807) is 6.08 Å². The third-order valence-electron chi connectivity index (χ3n) is 4.27. The van der Waals surface area contributed by atoms with Crippen molar-refractivity contribution in [2.45, 2.75) is 6.92 Å². The number of anilines is 4. The van der Waals surface area contributed by atoms with Gasteiger partial charge in [-0.15, -0.1) is 6.58 Å². The number of nitrogens with one attached hydrogen (secondary N) is 2. The Balaban J connectivity index is 1.67. The first kappa shape index (κ1) is 17.2. The summed E-state index contributed by atoms with van der Waals surface area (Å²) in [7, 11) is 2.17. The highest BCUT2D eigenvalue weighted by Gasteiger charge is 2.14. The van der Waals surface area contributed by atoms with E-state index in [0.717, 1.165) is 43.4 Å². The largest absolute Gasteiger partial charge is 0.369 e. The van der Waals surface area contributed by atoms with Crippen LogP contribution in [-0.4, -0.2) is 54.6 Å². The molecule has 1 saturated heterocycles. The fraction of sp³-hybridized carbons (Fsp3) is 0.368. The molecule has 1 aromatic carbocycles. The van der Waals surface area contributed by atoms with E-state index >= 15 is 0 Å². The maximum atomic E-state index is 4.49. The van der Waals surface area contributed by atoms with E-state index in [9.17, 15) is 0 Å². The molecule has 0 amide bonds. The van der Waals surface area contributed by atoms with Crippen LogP contribution in [0.3, 0.4) is 0 Å². The lowest BCUT2D eigenvalue weighted by Gasteiger charge is -2.34. The first-order valence-corrected chi connectivity index (χ1v) is 8.65. The Morgan fingerprint density at radius 1 is 1.12 bits per heavy atom. The SMILES string of the molecule is C=CCNc1nc(C)cc(Nc2ccc(N3CCN(C)CC3)cc2)n1. The summed E-state index contributed by atoms with van der Waals surface area (Å²) in [5.41, 5.74) is 3.20. The molecule has 2 N–H and O–H groups in total. The zero-order valence-electron chi connectivity index (χ0n) is 15.0. The zero-order chi connectivity index (χ0) is 17.6. The van der Waals surface area contributed by atoms with Crippen molar-refractivity contribution < 1.29 is 0 Å². The van der Waals surface area contributed by atoms with Crippen LogP contribution in [0, 0.1) is 6.92 Å². The van der Waals surface area contributed by atoms with Crippen molar-refractivity contribution >= 4 is 23.1 Å². The summed E-state index contributed by atoms with van der Waals surface area (Å²) in [4.78, 5) is 13.7. The normalized spacial score (nSPS) is 15.0. The summed E-state index contributed by atoms with van der Waals surface area (Å²) in [5.74, 6) is 1.39. The molecule has 0 aliphatic carbocycles. The Morgan fingerprint density at radius 2 is 1.84 bits per heavy atom. The lowest BCUT2D eigenvalue weighted by Crippen LogP contribution is -2.44. The first-order chi connectivity index (χ1) is 12.1. The van der Waals surface area contributed by atoms with Gasteiger partial charge in [0, 0.05) is 55.9 Å². The van der Waals surface area contributed by atoms with Crippen LogP contribution in [-0.2, 0) is 0 Å². The molecular weight excluding hydrogens is 312 g/mol. The van der Waals surface area contributed by atoms with E-state index in [2.05, 4.69) is 68.3 Å². The highest BCUT2D eigenvalue weighted by Crippen LogP contribution is 2.22. The minimum absolute atomic E-state index is 0.608. The monoisotopic (exact) mass is 338 g/mol. The number of likely N-dealkylation sites (N-methyl/N-ethyl adjacent to an activating group) is 1. The second kappa shape index (κ2) is 7.98. The van der Waals surface area contributed by atoms with E-state index in [1.807, 2.05) is 13.0 Å². The number of benzene rings is 1. The Hall–Kier alpha value is -2.60. The van der Waals surface area contributed by atoms with E-state index < -0.39 is 0 Å². The molecule has 0 spiro atoms. The van der Waals surface area contributed by atoms with Crippen molar-refractivity contribution in [1.82, 2.24) is 14.9 Å². The molecular formula is C19H26N6. The molecule has 1 aliphatic rings. The van der Waals surface area contributed by atoms with Gasteiger partial charge in [-0.25, -0.2) is 4.98 Å². The maximum absolute atomic E-state index is 4.49. The van der Waals surface area contributed by atoms with Crippen LogP contribution in [0.15, 0.2) is 43.0 Å². The summed E-state index contributed by atoms with van der Waals surface area (Å²) >= 11 is 0. The van der Waals surface area contributed by atoms with Gasteiger partial charge < -0.3 is 20.4 Å². The lowest BCUT2D eigenvalue weighted by molar-refractivity contribution is 0.313. The lowest BCUT2D eigenvalue weighted by atomic mass is 10.2. The fourth-order valence-electron chi connectivity index (χ4n) is 2.84. The van der Waals surface area contributed by atoms with Gasteiger partial charge in [-0.05, 0) is 38.2 Å². The second-order valence-corrected chi connectivity index (χ2v) is 6.35. The highest BCUT2D eigenvalue weighted by atomic mass is 15.2. The predicted molar refractivity (Wildman–Crippen MR) is 105 cm³/mol. The van der Waals surface area contributed by atoms with Crippen LogP contribution in [0.25, 0.3) is 0 Å². The van der Waals surface area contributed by atoms with E-state index in [-0.39, 0.29) is 0 Å². The van der Waals surface area contributed by atoms with Gasteiger partial charge in [0.1, 0.15) is 5.82 Å². The summed E-state index contributed by atoms with van der Waals surface area (Å²) in [6.45, 7) is 10.7.